The SMILES string of the molecule is C=C1C[C@]23C[C@@]1(O)CC[C@H]2[C@@]12CC[C@H](O)[C@@](C)(C(=O)OC1)[C@H]2[C@@H]3C(=O)O. The summed E-state index contributed by atoms with van der Waals surface area (Å²) in [6, 6.07) is 0. The van der Waals surface area contributed by atoms with Gasteiger partial charge in [-0.2, -0.15) is 0 Å². The van der Waals surface area contributed by atoms with Crippen molar-refractivity contribution in [3.63, 3.8) is 0 Å². The molecule has 1 aliphatic heterocycles. The number of carbonyl (C=O) groups excluding carboxylic acids is 1. The predicted octanol–water partition coefficient (Wildman–Crippen LogP) is 1.50. The van der Waals surface area contributed by atoms with E-state index >= 15 is 0 Å². The summed E-state index contributed by atoms with van der Waals surface area (Å²) in [6.45, 7) is 6.00. The zero-order valence-electron chi connectivity index (χ0n) is 15.0. The van der Waals surface area contributed by atoms with Gasteiger partial charge in [-0.25, -0.2) is 0 Å². The van der Waals surface area contributed by atoms with Gasteiger partial charge in [0.1, 0.15) is 0 Å². The van der Waals surface area contributed by atoms with Gasteiger partial charge in [0.05, 0.1) is 29.6 Å². The monoisotopic (exact) mass is 362 g/mol. The molecule has 4 saturated carbocycles. The summed E-state index contributed by atoms with van der Waals surface area (Å²) in [5.74, 6) is -2.56. The fourth-order valence-electron chi connectivity index (χ4n) is 8.11. The van der Waals surface area contributed by atoms with E-state index in [1.807, 2.05) is 0 Å². The number of fused-ring (bicyclic) bond motifs is 1. The van der Waals surface area contributed by atoms with Gasteiger partial charge in [-0.15, -0.1) is 0 Å². The molecule has 142 valence electrons. The van der Waals surface area contributed by atoms with Crippen molar-refractivity contribution in [2.24, 2.45) is 34.0 Å². The van der Waals surface area contributed by atoms with Crippen molar-refractivity contribution in [2.45, 2.75) is 57.2 Å². The smallest absolute Gasteiger partial charge is 0.314 e. The molecule has 4 aliphatic carbocycles. The van der Waals surface area contributed by atoms with Gasteiger partial charge >= 0.3 is 11.9 Å². The molecular weight excluding hydrogens is 336 g/mol. The third-order valence-corrected chi connectivity index (χ3v) is 9.03. The molecule has 6 nitrogen and oxygen atoms in total. The quantitative estimate of drug-likeness (QED) is 0.482. The lowest BCUT2D eigenvalue weighted by atomic mass is 9.50. The molecule has 26 heavy (non-hydrogen) atoms. The van der Waals surface area contributed by atoms with Crippen LogP contribution in [0.1, 0.15) is 45.4 Å². The topological polar surface area (TPSA) is 104 Å². The first-order valence-corrected chi connectivity index (χ1v) is 9.61. The third kappa shape index (κ3) is 1.51. The van der Waals surface area contributed by atoms with Gasteiger partial charge in [-0.3, -0.25) is 9.59 Å². The fourth-order valence-corrected chi connectivity index (χ4v) is 8.11. The number of carboxylic acids is 1. The lowest BCUT2D eigenvalue weighted by Gasteiger charge is -2.57. The lowest BCUT2D eigenvalue weighted by Crippen LogP contribution is -2.63. The second kappa shape index (κ2) is 4.53. The number of carbonyl (C=O) groups is 2. The van der Waals surface area contributed by atoms with Crippen molar-refractivity contribution >= 4 is 11.9 Å². The average molecular weight is 362 g/mol. The van der Waals surface area contributed by atoms with Crippen molar-refractivity contribution < 1.29 is 29.6 Å². The lowest BCUT2D eigenvalue weighted by molar-refractivity contribution is -0.220. The highest BCUT2D eigenvalue weighted by Gasteiger charge is 2.81. The van der Waals surface area contributed by atoms with Crippen LogP contribution in [0.15, 0.2) is 12.2 Å². The van der Waals surface area contributed by atoms with Gasteiger partial charge in [-0.05, 0) is 62.4 Å². The molecule has 1 saturated heterocycles. The number of aliphatic hydroxyl groups is 2. The molecule has 0 amide bonds. The van der Waals surface area contributed by atoms with Gasteiger partial charge in [-0.1, -0.05) is 6.58 Å². The minimum atomic E-state index is -1.20. The fraction of sp³-hybridized carbons (Fsp3) is 0.800. The number of esters is 1. The van der Waals surface area contributed by atoms with Crippen LogP contribution in [0, 0.1) is 34.0 Å². The van der Waals surface area contributed by atoms with Crippen LogP contribution in [0.3, 0.4) is 0 Å². The molecule has 0 aromatic carbocycles. The number of hydrogen-bond acceptors (Lipinski definition) is 5. The molecule has 0 aromatic rings. The molecular formula is C20H26O6. The molecule has 5 rings (SSSR count). The Kier molecular flexibility index (Phi) is 2.92. The predicted molar refractivity (Wildman–Crippen MR) is 89.8 cm³/mol. The maximum atomic E-state index is 12.7. The molecule has 4 bridgehead atoms. The summed E-state index contributed by atoms with van der Waals surface area (Å²) < 4.78 is 5.58. The van der Waals surface area contributed by atoms with E-state index in [0.29, 0.717) is 32.1 Å². The molecule has 0 radical (unpaired) electrons. The van der Waals surface area contributed by atoms with E-state index in [1.165, 1.54) is 0 Å². The number of aliphatic carboxylic acids is 1. The summed E-state index contributed by atoms with van der Waals surface area (Å²) in [5, 5.41) is 32.0. The van der Waals surface area contributed by atoms with Crippen molar-refractivity contribution in [3.8, 4) is 0 Å². The Morgan fingerprint density at radius 3 is 2.69 bits per heavy atom. The molecule has 6 heteroatoms. The van der Waals surface area contributed by atoms with Crippen LogP contribution >= 0.6 is 0 Å². The van der Waals surface area contributed by atoms with Crippen LogP contribution in [-0.4, -0.2) is 45.6 Å². The molecule has 5 aliphatic rings. The largest absolute Gasteiger partial charge is 0.481 e. The number of ether oxygens (including phenoxy) is 1. The Morgan fingerprint density at radius 1 is 1.27 bits per heavy atom. The number of carboxylic acid groups (broad SMARTS) is 1. The highest BCUT2D eigenvalue weighted by atomic mass is 16.5. The van der Waals surface area contributed by atoms with E-state index in [9.17, 15) is 24.9 Å². The molecule has 3 N–H and O–H groups in total. The zero-order valence-corrected chi connectivity index (χ0v) is 15.0. The first-order valence-electron chi connectivity index (χ1n) is 9.61. The van der Waals surface area contributed by atoms with Crippen LogP contribution in [0.2, 0.25) is 0 Å². The highest BCUT2D eigenvalue weighted by Crippen LogP contribution is 2.79. The van der Waals surface area contributed by atoms with E-state index in [2.05, 4.69) is 6.58 Å². The number of rotatable bonds is 1. The summed E-state index contributed by atoms with van der Waals surface area (Å²) in [7, 11) is 0. The Bertz CT molecular complexity index is 747. The van der Waals surface area contributed by atoms with Crippen molar-refractivity contribution in [1.29, 1.82) is 0 Å². The minimum Gasteiger partial charge on any atom is -0.481 e. The highest BCUT2D eigenvalue weighted by molar-refractivity contribution is 5.82. The first-order chi connectivity index (χ1) is 12.1. The van der Waals surface area contributed by atoms with Crippen LogP contribution in [-0.2, 0) is 14.3 Å². The second-order valence-corrected chi connectivity index (χ2v) is 9.75. The second-order valence-electron chi connectivity index (χ2n) is 9.75. The third-order valence-electron chi connectivity index (χ3n) is 9.03. The molecule has 0 aromatic heterocycles. The maximum absolute atomic E-state index is 12.7. The Labute approximate surface area is 152 Å². The van der Waals surface area contributed by atoms with Crippen molar-refractivity contribution in [3.05, 3.63) is 12.2 Å². The molecule has 0 unspecified atom stereocenters. The molecule has 5 fully saturated rings. The zero-order chi connectivity index (χ0) is 18.7. The van der Waals surface area contributed by atoms with Crippen molar-refractivity contribution in [2.75, 3.05) is 6.61 Å². The number of hydrogen-bond donors (Lipinski definition) is 3. The van der Waals surface area contributed by atoms with Crippen LogP contribution in [0.5, 0.6) is 0 Å². The van der Waals surface area contributed by atoms with E-state index in [-0.39, 0.29) is 12.5 Å². The van der Waals surface area contributed by atoms with Gasteiger partial charge in [0.2, 0.25) is 0 Å². The van der Waals surface area contributed by atoms with Gasteiger partial charge < -0.3 is 20.1 Å². The van der Waals surface area contributed by atoms with Gasteiger partial charge in [0.15, 0.2) is 0 Å². The number of cyclic esters (lactones) is 1. The van der Waals surface area contributed by atoms with E-state index < -0.39 is 51.7 Å². The summed E-state index contributed by atoms with van der Waals surface area (Å²) in [6.07, 6.45) is 2.47. The normalized spacial score (nSPS) is 57.3. The van der Waals surface area contributed by atoms with Crippen LogP contribution in [0.4, 0.5) is 0 Å². The first kappa shape index (κ1) is 16.8. The summed E-state index contributed by atoms with van der Waals surface area (Å²) in [4.78, 5) is 25.3. The minimum absolute atomic E-state index is 0.0700. The van der Waals surface area contributed by atoms with E-state index in [0.717, 1.165) is 12.0 Å². The Balaban J connectivity index is 1.77. The molecule has 1 heterocycles. The van der Waals surface area contributed by atoms with Crippen LogP contribution < -0.4 is 0 Å². The molecule has 8 atom stereocenters. The van der Waals surface area contributed by atoms with E-state index in [1.54, 1.807) is 6.92 Å². The maximum Gasteiger partial charge on any atom is 0.314 e. The van der Waals surface area contributed by atoms with Gasteiger partial charge in [0.25, 0.3) is 0 Å². The Hall–Kier alpha value is -1.40. The van der Waals surface area contributed by atoms with Crippen molar-refractivity contribution in [1.82, 2.24) is 0 Å². The standard InChI is InChI=1S/C20H26O6/c1-10-7-19-8-20(10,25)6-3-11(19)18-5-4-12(21)17(2,16(24)26-9-18)14(18)13(19)15(22)23/h11-14,21,25H,1,3-9H2,2H3,(H,22,23)/t11-,12-,13+,14+,17+,18+,19-,20-/m0/s1. The van der Waals surface area contributed by atoms with Gasteiger partial charge in [0, 0.05) is 11.3 Å². The summed E-state index contributed by atoms with van der Waals surface area (Å²) >= 11 is 0. The van der Waals surface area contributed by atoms with Crippen LogP contribution in [0.25, 0.3) is 0 Å². The van der Waals surface area contributed by atoms with E-state index in [4.69, 9.17) is 4.74 Å². The molecule has 1 spiro atoms. The summed E-state index contributed by atoms with van der Waals surface area (Å²) in [5.41, 5.74) is -2.48. The Morgan fingerprint density at radius 2 is 2.00 bits per heavy atom. The number of aliphatic hydroxyl groups excluding tert-OH is 1. The average Bonchev–Trinajstić information content (AvgIpc) is 2.93.